The molecule has 70 heavy (non-hydrogen) atoms. The van der Waals surface area contributed by atoms with Gasteiger partial charge in [-0.15, -0.1) is 0 Å². The maximum Gasteiger partial charge on any atom is 0.143 e. The zero-order chi connectivity index (χ0) is 46.2. The number of furan rings is 2. The Morgan fingerprint density at radius 2 is 0.743 bits per heavy atom. The smallest absolute Gasteiger partial charge is 0.143 e. The van der Waals surface area contributed by atoms with Crippen molar-refractivity contribution in [2.24, 2.45) is 0 Å². The fourth-order valence-corrected chi connectivity index (χ4v) is 11.5. The summed E-state index contributed by atoms with van der Waals surface area (Å²) in [6.07, 6.45) is 0. The lowest BCUT2D eigenvalue weighted by Gasteiger charge is -2.35. The van der Waals surface area contributed by atoms with Crippen molar-refractivity contribution >= 4 is 60.9 Å². The van der Waals surface area contributed by atoms with Crippen LogP contribution in [0.4, 0.5) is 17.1 Å². The average Bonchev–Trinajstić information content (AvgIpc) is 4.11. The topological polar surface area (TPSA) is 29.5 Å². The van der Waals surface area contributed by atoms with Crippen molar-refractivity contribution in [3.63, 3.8) is 0 Å². The summed E-state index contributed by atoms with van der Waals surface area (Å²) in [5.41, 5.74) is 20.1. The van der Waals surface area contributed by atoms with Crippen LogP contribution in [0.2, 0.25) is 0 Å². The van der Waals surface area contributed by atoms with Gasteiger partial charge in [0.15, 0.2) is 0 Å². The largest absolute Gasteiger partial charge is 0.455 e. The molecule has 3 heteroatoms. The van der Waals surface area contributed by atoms with E-state index in [4.69, 9.17) is 8.83 Å². The number of benzene rings is 11. The Morgan fingerprint density at radius 3 is 1.36 bits per heavy atom. The Morgan fingerprint density at radius 1 is 0.286 bits per heavy atom. The molecule has 328 valence electrons. The van der Waals surface area contributed by atoms with Crippen molar-refractivity contribution in [2.75, 3.05) is 4.90 Å². The predicted octanol–water partition coefficient (Wildman–Crippen LogP) is 18.3. The second-order valence-corrected chi connectivity index (χ2v) is 18.3. The molecule has 1 aliphatic rings. The number of anilines is 3. The van der Waals surface area contributed by atoms with Gasteiger partial charge in [0.1, 0.15) is 22.3 Å². The van der Waals surface area contributed by atoms with Crippen LogP contribution in [0.15, 0.2) is 270 Å². The normalized spacial score (nSPS) is 12.7. The highest BCUT2D eigenvalue weighted by Crippen LogP contribution is 2.60. The number of rotatable bonds is 8. The molecule has 0 amide bonds. The van der Waals surface area contributed by atoms with Crippen LogP contribution in [-0.2, 0) is 5.41 Å². The maximum atomic E-state index is 6.75. The number of nitrogens with zero attached hydrogens (tertiary/aromatic N) is 1. The molecular weight excluding hydrogens is 851 g/mol. The average molecular weight is 894 g/mol. The van der Waals surface area contributed by atoms with E-state index >= 15 is 0 Å². The molecule has 0 bridgehead atoms. The Balaban J connectivity index is 0.996. The summed E-state index contributed by atoms with van der Waals surface area (Å²) in [4.78, 5) is 2.40. The molecule has 0 saturated carbocycles. The molecule has 11 aromatic carbocycles. The summed E-state index contributed by atoms with van der Waals surface area (Å²) >= 11 is 0. The molecule has 0 saturated heterocycles. The van der Waals surface area contributed by atoms with E-state index in [0.29, 0.717) is 0 Å². The van der Waals surface area contributed by atoms with Gasteiger partial charge in [0.2, 0.25) is 0 Å². The van der Waals surface area contributed by atoms with Crippen LogP contribution in [0, 0.1) is 0 Å². The summed E-state index contributed by atoms with van der Waals surface area (Å²) < 4.78 is 13.3. The molecule has 2 aromatic heterocycles. The van der Waals surface area contributed by atoms with Crippen LogP contribution >= 0.6 is 0 Å². The summed E-state index contributed by atoms with van der Waals surface area (Å²) in [5.74, 6) is 0. The second kappa shape index (κ2) is 16.0. The van der Waals surface area contributed by atoms with Crippen LogP contribution in [0.25, 0.3) is 88.4 Å². The van der Waals surface area contributed by atoms with Crippen molar-refractivity contribution in [2.45, 2.75) is 5.41 Å². The summed E-state index contributed by atoms with van der Waals surface area (Å²) in [6.45, 7) is 0. The quantitative estimate of drug-likeness (QED) is 0.152. The minimum absolute atomic E-state index is 0.654. The van der Waals surface area contributed by atoms with E-state index in [9.17, 15) is 0 Å². The third-order valence-corrected chi connectivity index (χ3v) is 14.6. The zero-order valence-corrected chi connectivity index (χ0v) is 38.1. The van der Waals surface area contributed by atoms with Gasteiger partial charge >= 0.3 is 0 Å². The number of hydrogen-bond acceptors (Lipinski definition) is 3. The van der Waals surface area contributed by atoms with E-state index in [2.05, 4.69) is 248 Å². The SMILES string of the molecule is c1ccc(-c2ccc(N(c3ccc(-c4cccc5c4oc4ccccc45)cc3)c3ccc4c(c3)C(c3ccccc3)(c3ccccc3)c3cccc(-c5cccc6c5oc5ccccc56)c3-4)cc2)cc1. The van der Waals surface area contributed by atoms with Gasteiger partial charge in [0.05, 0.1) is 5.41 Å². The lowest BCUT2D eigenvalue weighted by Crippen LogP contribution is -2.28. The molecule has 0 spiro atoms. The van der Waals surface area contributed by atoms with Gasteiger partial charge in [-0.3, -0.25) is 0 Å². The van der Waals surface area contributed by atoms with Crippen molar-refractivity contribution in [3.05, 3.63) is 283 Å². The number of hydrogen-bond donors (Lipinski definition) is 0. The molecule has 3 nitrogen and oxygen atoms in total. The van der Waals surface area contributed by atoms with Gasteiger partial charge in [0, 0.05) is 49.7 Å². The molecule has 0 fully saturated rings. The van der Waals surface area contributed by atoms with Crippen molar-refractivity contribution in [1.29, 1.82) is 0 Å². The Hall–Kier alpha value is -9.18. The van der Waals surface area contributed by atoms with Crippen LogP contribution in [-0.4, -0.2) is 0 Å². The van der Waals surface area contributed by atoms with Crippen LogP contribution < -0.4 is 4.90 Å². The minimum atomic E-state index is -0.654. The first-order valence-electron chi connectivity index (χ1n) is 24.0. The molecule has 0 atom stereocenters. The van der Waals surface area contributed by atoms with Gasteiger partial charge in [-0.05, 0) is 104 Å². The summed E-state index contributed by atoms with van der Waals surface area (Å²) in [7, 11) is 0. The molecule has 0 unspecified atom stereocenters. The van der Waals surface area contributed by atoms with Crippen molar-refractivity contribution in [1.82, 2.24) is 0 Å². The third-order valence-electron chi connectivity index (χ3n) is 14.6. The zero-order valence-electron chi connectivity index (χ0n) is 38.1. The highest BCUT2D eigenvalue weighted by molar-refractivity contribution is 6.12. The van der Waals surface area contributed by atoms with E-state index in [1.807, 2.05) is 18.2 Å². The van der Waals surface area contributed by atoms with Gasteiger partial charge in [-0.2, -0.15) is 0 Å². The lowest BCUT2D eigenvalue weighted by atomic mass is 9.67. The van der Waals surface area contributed by atoms with E-state index < -0.39 is 5.41 Å². The first-order chi connectivity index (χ1) is 34.7. The van der Waals surface area contributed by atoms with E-state index in [1.54, 1.807) is 0 Å². The van der Waals surface area contributed by atoms with Crippen LogP contribution in [0.1, 0.15) is 22.3 Å². The second-order valence-electron chi connectivity index (χ2n) is 18.3. The van der Waals surface area contributed by atoms with Gasteiger partial charge in [-0.25, -0.2) is 0 Å². The molecule has 1 aliphatic carbocycles. The van der Waals surface area contributed by atoms with E-state index in [1.165, 1.54) is 44.5 Å². The first kappa shape index (κ1) is 39.9. The highest BCUT2D eigenvalue weighted by Gasteiger charge is 2.47. The minimum Gasteiger partial charge on any atom is -0.455 e. The van der Waals surface area contributed by atoms with Crippen LogP contribution in [0.5, 0.6) is 0 Å². The number of para-hydroxylation sites is 4. The van der Waals surface area contributed by atoms with E-state index in [-0.39, 0.29) is 0 Å². The van der Waals surface area contributed by atoms with Crippen molar-refractivity contribution < 1.29 is 8.83 Å². The summed E-state index contributed by atoms with van der Waals surface area (Å²) in [5, 5.41) is 4.48. The monoisotopic (exact) mass is 893 g/mol. The molecule has 0 radical (unpaired) electrons. The molecule has 14 rings (SSSR count). The van der Waals surface area contributed by atoms with Gasteiger partial charge < -0.3 is 13.7 Å². The molecule has 0 N–H and O–H groups in total. The molecule has 13 aromatic rings. The maximum absolute atomic E-state index is 6.75. The van der Waals surface area contributed by atoms with E-state index in [0.717, 1.165) is 83.2 Å². The predicted molar refractivity (Wildman–Crippen MR) is 289 cm³/mol. The van der Waals surface area contributed by atoms with Gasteiger partial charge in [0.25, 0.3) is 0 Å². The number of fused-ring (bicyclic) bond motifs is 9. The molecule has 2 heterocycles. The highest BCUT2D eigenvalue weighted by atomic mass is 16.3. The Bertz CT molecular complexity index is 4050. The Labute approximate surface area is 405 Å². The lowest BCUT2D eigenvalue weighted by molar-refractivity contribution is 0.669. The Kier molecular flexibility index (Phi) is 9.11. The van der Waals surface area contributed by atoms with Crippen molar-refractivity contribution in [3.8, 4) is 44.5 Å². The molecular formula is C67H43NO2. The fourth-order valence-electron chi connectivity index (χ4n) is 11.5. The fraction of sp³-hybridized carbons (Fsp3) is 0.0149. The van der Waals surface area contributed by atoms with Gasteiger partial charge in [-0.1, -0.05) is 212 Å². The molecule has 0 aliphatic heterocycles. The standard InChI is InChI=1S/C67H43NO2/c1-4-17-44(18-5-1)45-33-37-49(38-34-45)68(50-39-35-46(36-40-50)52-25-14-27-56-53-23-10-12-31-62(53)69-65(52)56)51-41-42-59-61(43-51)67(47-19-6-2-7-20-47,48-21-8-3-9-22-48)60-30-16-26-55(64(59)60)58-29-15-28-57-54-24-11-13-32-63(54)70-66(57)58/h1-43H. The van der Waals surface area contributed by atoms with Crippen LogP contribution in [0.3, 0.4) is 0 Å². The first-order valence-corrected chi connectivity index (χ1v) is 24.0. The third kappa shape index (κ3) is 6.08. The summed E-state index contributed by atoms with van der Waals surface area (Å²) in [6, 6.07) is 94.3.